The molecule has 1 aliphatic rings. The van der Waals surface area contributed by atoms with Gasteiger partial charge in [0, 0.05) is 25.6 Å². The summed E-state index contributed by atoms with van der Waals surface area (Å²) in [6.07, 6.45) is 2.23. The Morgan fingerprint density at radius 1 is 1.27 bits per heavy atom. The van der Waals surface area contributed by atoms with E-state index in [4.69, 9.17) is 0 Å². The molecule has 0 radical (unpaired) electrons. The molecule has 0 spiro atoms. The van der Waals surface area contributed by atoms with Crippen molar-refractivity contribution in [2.75, 3.05) is 19.6 Å². The minimum absolute atomic E-state index is 0.0525. The molecule has 1 saturated heterocycles. The number of hydrogen-bond acceptors (Lipinski definition) is 3. The van der Waals surface area contributed by atoms with Crippen molar-refractivity contribution in [2.45, 2.75) is 39.7 Å². The van der Waals surface area contributed by atoms with E-state index in [9.17, 15) is 19.5 Å². The zero-order valence-corrected chi connectivity index (χ0v) is 15.6. The number of benzene rings is 1. The largest absolute Gasteiger partial charge is 0.480 e. The van der Waals surface area contributed by atoms with Gasteiger partial charge in [0.05, 0.1) is 5.92 Å². The lowest BCUT2D eigenvalue weighted by Crippen LogP contribution is -2.48. The van der Waals surface area contributed by atoms with Crippen LogP contribution in [0, 0.1) is 11.8 Å². The molecule has 1 aliphatic heterocycles. The van der Waals surface area contributed by atoms with Crippen molar-refractivity contribution < 1.29 is 19.5 Å². The van der Waals surface area contributed by atoms with Crippen LogP contribution in [-0.2, 0) is 20.9 Å². The number of carbonyl (C=O) groups excluding carboxylic acids is 2. The molecule has 6 heteroatoms. The molecule has 0 bridgehead atoms. The normalized spacial score (nSPS) is 18.2. The van der Waals surface area contributed by atoms with Gasteiger partial charge in [0.2, 0.25) is 11.8 Å². The Labute approximate surface area is 154 Å². The number of amides is 2. The monoisotopic (exact) mass is 360 g/mol. The predicted molar refractivity (Wildman–Crippen MR) is 98.3 cm³/mol. The highest BCUT2D eigenvalue weighted by Crippen LogP contribution is 2.22. The van der Waals surface area contributed by atoms with E-state index in [1.807, 2.05) is 44.2 Å². The van der Waals surface area contributed by atoms with Gasteiger partial charge in [-0.25, -0.2) is 0 Å². The Morgan fingerprint density at radius 3 is 2.58 bits per heavy atom. The fourth-order valence-corrected chi connectivity index (χ4v) is 3.30. The first-order valence-electron chi connectivity index (χ1n) is 9.25. The molecule has 1 aromatic rings. The van der Waals surface area contributed by atoms with Crippen molar-refractivity contribution in [1.29, 1.82) is 0 Å². The zero-order chi connectivity index (χ0) is 19.1. The average molecular weight is 360 g/mol. The first-order valence-corrected chi connectivity index (χ1v) is 9.25. The molecule has 1 N–H and O–H groups in total. The average Bonchev–Trinajstić information content (AvgIpc) is 2.66. The Kier molecular flexibility index (Phi) is 7.18. The fraction of sp³-hybridized carbons (Fsp3) is 0.550. The van der Waals surface area contributed by atoms with E-state index < -0.39 is 5.97 Å². The molecule has 6 nitrogen and oxygen atoms in total. The van der Waals surface area contributed by atoms with Gasteiger partial charge in [-0.05, 0) is 24.8 Å². The van der Waals surface area contributed by atoms with Crippen molar-refractivity contribution >= 4 is 17.8 Å². The number of carboxylic acids is 1. The van der Waals surface area contributed by atoms with Crippen LogP contribution in [0.15, 0.2) is 30.3 Å². The zero-order valence-electron chi connectivity index (χ0n) is 15.6. The molecular weight excluding hydrogens is 332 g/mol. The second kappa shape index (κ2) is 9.36. The summed E-state index contributed by atoms with van der Waals surface area (Å²) in [5.74, 6) is -1.52. The van der Waals surface area contributed by atoms with Crippen LogP contribution in [0.2, 0.25) is 0 Å². The van der Waals surface area contributed by atoms with E-state index in [-0.39, 0.29) is 36.7 Å². The van der Waals surface area contributed by atoms with Crippen LogP contribution in [0.3, 0.4) is 0 Å². The van der Waals surface area contributed by atoms with Crippen molar-refractivity contribution in [1.82, 2.24) is 9.80 Å². The number of aliphatic carboxylic acids is 1. The number of carbonyl (C=O) groups is 3. The summed E-state index contributed by atoms with van der Waals surface area (Å²) in [6, 6.07) is 9.37. The molecule has 0 saturated carbocycles. The highest BCUT2D eigenvalue weighted by atomic mass is 16.4. The van der Waals surface area contributed by atoms with Crippen LogP contribution in [0.4, 0.5) is 0 Å². The van der Waals surface area contributed by atoms with Gasteiger partial charge in [0.1, 0.15) is 6.54 Å². The summed E-state index contributed by atoms with van der Waals surface area (Å²) in [5.41, 5.74) is 0.894. The third-order valence-electron chi connectivity index (χ3n) is 4.97. The van der Waals surface area contributed by atoms with Crippen molar-refractivity contribution in [3.8, 4) is 0 Å². The molecule has 26 heavy (non-hydrogen) atoms. The topological polar surface area (TPSA) is 77.9 Å². The molecule has 1 aromatic carbocycles. The van der Waals surface area contributed by atoms with E-state index in [0.29, 0.717) is 19.5 Å². The summed E-state index contributed by atoms with van der Waals surface area (Å²) in [4.78, 5) is 39.8. The summed E-state index contributed by atoms with van der Waals surface area (Å²) in [6.45, 7) is 4.87. The molecule has 2 atom stereocenters. The van der Waals surface area contributed by atoms with Crippen LogP contribution >= 0.6 is 0 Å². The third-order valence-corrected chi connectivity index (χ3v) is 4.97. The molecule has 2 unspecified atom stereocenters. The smallest absolute Gasteiger partial charge is 0.323 e. The maximum atomic E-state index is 13.0. The Balaban J connectivity index is 2.08. The second-order valence-corrected chi connectivity index (χ2v) is 7.01. The van der Waals surface area contributed by atoms with Crippen LogP contribution in [-0.4, -0.2) is 52.3 Å². The SMILES string of the molecule is CCC(C)C(=O)N1CCCC(C(=O)N(CC(=O)O)Cc2ccccc2)C1. The summed E-state index contributed by atoms with van der Waals surface area (Å²) < 4.78 is 0. The van der Waals surface area contributed by atoms with Crippen LogP contribution in [0.25, 0.3) is 0 Å². The first-order chi connectivity index (χ1) is 12.4. The van der Waals surface area contributed by atoms with Gasteiger partial charge in [0.15, 0.2) is 0 Å². The standard InChI is InChI=1S/C20H28N2O4/c1-3-15(2)19(25)21-11-7-10-17(13-21)20(26)22(14-18(23)24)12-16-8-5-4-6-9-16/h4-6,8-9,15,17H,3,7,10-14H2,1-2H3,(H,23,24). The maximum Gasteiger partial charge on any atom is 0.323 e. The lowest BCUT2D eigenvalue weighted by Gasteiger charge is -2.35. The summed E-state index contributed by atoms with van der Waals surface area (Å²) in [7, 11) is 0. The molecule has 1 fully saturated rings. The Bertz CT molecular complexity index is 632. The second-order valence-electron chi connectivity index (χ2n) is 7.01. The molecule has 0 aromatic heterocycles. The van der Waals surface area contributed by atoms with Crippen LogP contribution in [0.5, 0.6) is 0 Å². The van der Waals surface area contributed by atoms with Gasteiger partial charge in [0.25, 0.3) is 0 Å². The molecule has 2 rings (SSSR count). The predicted octanol–water partition coefficient (Wildman–Crippen LogP) is 2.38. The van der Waals surface area contributed by atoms with Crippen molar-refractivity contribution in [2.24, 2.45) is 11.8 Å². The van der Waals surface area contributed by atoms with Crippen molar-refractivity contribution in [3.63, 3.8) is 0 Å². The number of nitrogens with zero attached hydrogens (tertiary/aromatic N) is 2. The van der Waals surface area contributed by atoms with Gasteiger partial charge in [-0.15, -0.1) is 0 Å². The Morgan fingerprint density at radius 2 is 1.96 bits per heavy atom. The lowest BCUT2D eigenvalue weighted by atomic mass is 9.94. The number of carboxylic acid groups (broad SMARTS) is 1. The molecule has 0 aliphatic carbocycles. The van der Waals surface area contributed by atoms with Crippen LogP contribution in [0.1, 0.15) is 38.7 Å². The van der Waals surface area contributed by atoms with E-state index >= 15 is 0 Å². The van der Waals surface area contributed by atoms with Gasteiger partial charge < -0.3 is 14.9 Å². The van der Waals surface area contributed by atoms with Gasteiger partial charge in [-0.1, -0.05) is 44.2 Å². The molecule has 2 amide bonds. The van der Waals surface area contributed by atoms with E-state index in [1.165, 1.54) is 4.90 Å². The van der Waals surface area contributed by atoms with Gasteiger partial charge >= 0.3 is 5.97 Å². The quantitative estimate of drug-likeness (QED) is 0.810. The molecular formula is C20H28N2O4. The highest BCUT2D eigenvalue weighted by molar-refractivity contribution is 5.84. The van der Waals surface area contributed by atoms with Crippen molar-refractivity contribution in [3.05, 3.63) is 35.9 Å². The number of piperidine rings is 1. The molecule has 142 valence electrons. The third kappa shape index (κ3) is 5.31. The highest BCUT2D eigenvalue weighted by Gasteiger charge is 2.33. The minimum Gasteiger partial charge on any atom is -0.480 e. The summed E-state index contributed by atoms with van der Waals surface area (Å²) in [5, 5.41) is 9.20. The van der Waals surface area contributed by atoms with E-state index in [0.717, 1.165) is 18.4 Å². The van der Waals surface area contributed by atoms with Crippen LogP contribution < -0.4 is 0 Å². The van der Waals surface area contributed by atoms with E-state index in [2.05, 4.69) is 0 Å². The van der Waals surface area contributed by atoms with E-state index in [1.54, 1.807) is 4.90 Å². The minimum atomic E-state index is -1.03. The Hall–Kier alpha value is -2.37. The molecule has 1 heterocycles. The summed E-state index contributed by atoms with van der Waals surface area (Å²) >= 11 is 0. The number of hydrogen-bond donors (Lipinski definition) is 1. The number of likely N-dealkylation sites (tertiary alicyclic amines) is 1. The maximum absolute atomic E-state index is 13.0. The fourth-order valence-electron chi connectivity index (χ4n) is 3.30. The first kappa shape index (κ1) is 19.9. The van der Waals surface area contributed by atoms with Gasteiger partial charge in [-0.3, -0.25) is 14.4 Å². The lowest BCUT2D eigenvalue weighted by molar-refractivity contribution is -0.149. The van der Waals surface area contributed by atoms with Gasteiger partial charge in [-0.2, -0.15) is 0 Å². The number of rotatable bonds is 7.